The average Bonchev–Trinajstić information content (AvgIpc) is 2.46. The smallest absolute Gasteiger partial charge is 0.0506 e. The molecule has 1 heterocycles. The molecule has 0 spiro atoms. The van der Waals surface area contributed by atoms with Gasteiger partial charge in [0, 0.05) is 19.2 Å². The monoisotopic (exact) mass is 254 g/mol. The molecule has 0 amide bonds. The topological polar surface area (TPSA) is 38.5 Å². The minimum atomic E-state index is 0.725. The lowest BCUT2D eigenvalue weighted by Gasteiger charge is -2.41. The first kappa shape index (κ1) is 14.3. The van der Waals surface area contributed by atoms with Gasteiger partial charge in [0.2, 0.25) is 0 Å². The van der Waals surface area contributed by atoms with Crippen molar-refractivity contribution in [2.45, 2.75) is 51.5 Å². The van der Waals surface area contributed by atoms with Gasteiger partial charge in [-0.05, 0) is 50.6 Å². The van der Waals surface area contributed by atoms with Crippen molar-refractivity contribution in [2.75, 3.05) is 32.8 Å². The zero-order chi connectivity index (χ0) is 12.8. The molecule has 2 aliphatic rings. The number of ether oxygens (including phenoxy) is 1. The van der Waals surface area contributed by atoms with E-state index in [4.69, 9.17) is 10.5 Å². The Morgan fingerprint density at radius 1 is 1.17 bits per heavy atom. The van der Waals surface area contributed by atoms with Crippen LogP contribution in [0.4, 0.5) is 0 Å². The van der Waals surface area contributed by atoms with Gasteiger partial charge in [-0.25, -0.2) is 0 Å². The summed E-state index contributed by atoms with van der Waals surface area (Å²) in [6, 6.07) is 0.732. The summed E-state index contributed by atoms with van der Waals surface area (Å²) in [4.78, 5) is 2.69. The molecule has 1 saturated carbocycles. The summed E-state index contributed by atoms with van der Waals surface area (Å²) in [7, 11) is 0. The SMILES string of the molecule is CCN(CC1CCCOC1)C1CCCCC1CN. The molecule has 0 bridgehead atoms. The van der Waals surface area contributed by atoms with Crippen molar-refractivity contribution in [2.24, 2.45) is 17.6 Å². The molecule has 0 aromatic carbocycles. The van der Waals surface area contributed by atoms with Crippen molar-refractivity contribution in [1.29, 1.82) is 0 Å². The number of hydrogen-bond acceptors (Lipinski definition) is 3. The van der Waals surface area contributed by atoms with Gasteiger partial charge in [-0.2, -0.15) is 0 Å². The molecule has 2 N–H and O–H groups in total. The van der Waals surface area contributed by atoms with E-state index in [0.29, 0.717) is 0 Å². The minimum absolute atomic E-state index is 0.725. The molecule has 3 nitrogen and oxygen atoms in total. The molecular formula is C15H30N2O. The third-order valence-electron chi connectivity index (χ3n) is 4.79. The first-order chi connectivity index (χ1) is 8.85. The first-order valence-electron chi connectivity index (χ1n) is 7.87. The maximum Gasteiger partial charge on any atom is 0.0506 e. The molecule has 0 aromatic rings. The number of nitrogens with zero attached hydrogens (tertiary/aromatic N) is 1. The van der Waals surface area contributed by atoms with Gasteiger partial charge in [-0.3, -0.25) is 4.90 Å². The molecule has 1 saturated heterocycles. The highest BCUT2D eigenvalue weighted by molar-refractivity contribution is 4.85. The lowest BCUT2D eigenvalue weighted by Crippen LogP contribution is -2.47. The maximum absolute atomic E-state index is 5.97. The zero-order valence-corrected chi connectivity index (χ0v) is 11.9. The maximum atomic E-state index is 5.97. The van der Waals surface area contributed by atoms with Gasteiger partial charge in [0.05, 0.1) is 6.61 Å². The van der Waals surface area contributed by atoms with Crippen molar-refractivity contribution >= 4 is 0 Å². The summed E-state index contributed by atoms with van der Waals surface area (Å²) in [5.74, 6) is 1.47. The van der Waals surface area contributed by atoms with E-state index in [1.165, 1.54) is 45.1 Å². The van der Waals surface area contributed by atoms with Gasteiger partial charge in [0.25, 0.3) is 0 Å². The molecule has 1 aliphatic heterocycles. The molecule has 2 rings (SSSR count). The van der Waals surface area contributed by atoms with Crippen molar-refractivity contribution < 1.29 is 4.74 Å². The van der Waals surface area contributed by atoms with Crippen molar-refractivity contribution in [3.8, 4) is 0 Å². The second-order valence-corrected chi connectivity index (χ2v) is 6.02. The minimum Gasteiger partial charge on any atom is -0.381 e. The fraction of sp³-hybridized carbons (Fsp3) is 1.00. The summed E-state index contributed by atoms with van der Waals surface area (Å²) in [5.41, 5.74) is 5.97. The third kappa shape index (κ3) is 3.69. The Hall–Kier alpha value is -0.120. The van der Waals surface area contributed by atoms with Crippen molar-refractivity contribution in [3.05, 3.63) is 0 Å². The van der Waals surface area contributed by atoms with Gasteiger partial charge >= 0.3 is 0 Å². The Balaban J connectivity index is 1.89. The summed E-state index contributed by atoms with van der Waals surface area (Å²) in [6.45, 7) is 7.48. The second kappa shape index (κ2) is 7.46. The highest BCUT2D eigenvalue weighted by Crippen LogP contribution is 2.29. The third-order valence-corrected chi connectivity index (χ3v) is 4.79. The molecule has 3 atom stereocenters. The highest BCUT2D eigenvalue weighted by Gasteiger charge is 2.30. The van der Waals surface area contributed by atoms with Crippen LogP contribution in [0.2, 0.25) is 0 Å². The van der Waals surface area contributed by atoms with Crippen LogP contribution in [0.1, 0.15) is 45.4 Å². The molecule has 0 radical (unpaired) electrons. The molecule has 106 valence electrons. The van der Waals surface area contributed by atoms with E-state index in [1.54, 1.807) is 0 Å². The molecule has 1 aliphatic carbocycles. The van der Waals surface area contributed by atoms with E-state index in [0.717, 1.165) is 44.2 Å². The number of rotatable bonds is 5. The molecule has 3 heteroatoms. The van der Waals surface area contributed by atoms with E-state index in [1.807, 2.05) is 0 Å². The van der Waals surface area contributed by atoms with Crippen LogP contribution < -0.4 is 5.73 Å². The lowest BCUT2D eigenvalue weighted by molar-refractivity contribution is 0.0199. The number of hydrogen-bond donors (Lipinski definition) is 1. The molecular weight excluding hydrogens is 224 g/mol. The summed E-state index contributed by atoms with van der Waals surface area (Å²) < 4.78 is 5.62. The fourth-order valence-electron chi connectivity index (χ4n) is 3.73. The van der Waals surface area contributed by atoms with Crippen LogP contribution in [0.15, 0.2) is 0 Å². The van der Waals surface area contributed by atoms with Gasteiger partial charge < -0.3 is 10.5 Å². The van der Waals surface area contributed by atoms with Gasteiger partial charge in [-0.1, -0.05) is 19.8 Å². The quantitative estimate of drug-likeness (QED) is 0.818. The van der Waals surface area contributed by atoms with Crippen LogP contribution >= 0.6 is 0 Å². The molecule has 0 aromatic heterocycles. The van der Waals surface area contributed by atoms with Crippen LogP contribution in [0.5, 0.6) is 0 Å². The normalized spacial score (nSPS) is 33.8. The standard InChI is InChI=1S/C15H30N2O/c1-2-17(11-13-6-5-9-18-12-13)15-8-4-3-7-14(15)10-16/h13-15H,2-12,16H2,1H3. The van der Waals surface area contributed by atoms with Crippen LogP contribution in [0.25, 0.3) is 0 Å². The Morgan fingerprint density at radius 3 is 2.67 bits per heavy atom. The van der Waals surface area contributed by atoms with E-state index >= 15 is 0 Å². The van der Waals surface area contributed by atoms with E-state index in [2.05, 4.69) is 11.8 Å². The van der Waals surface area contributed by atoms with E-state index < -0.39 is 0 Å². The van der Waals surface area contributed by atoms with Gasteiger partial charge in [0.15, 0.2) is 0 Å². The first-order valence-corrected chi connectivity index (χ1v) is 7.87. The average molecular weight is 254 g/mol. The Kier molecular flexibility index (Phi) is 5.93. The molecule has 2 fully saturated rings. The highest BCUT2D eigenvalue weighted by atomic mass is 16.5. The van der Waals surface area contributed by atoms with E-state index in [9.17, 15) is 0 Å². The Labute approximate surface area is 112 Å². The summed E-state index contributed by atoms with van der Waals surface area (Å²) in [5, 5.41) is 0. The summed E-state index contributed by atoms with van der Waals surface area (Å²) in [6.07, 6.45) is 8.03. The van der Waals surface area contributed by atoms with Gasteiger partial charge in [-0.15, -0.1) is 0 Å². The second-order valence-electron chi connectivity index (χ2n) is 6.02. The predicted octanol–water partition coefficient (Wildman–Crippen LogP) is 2.25. The number of nitrogens with two attached hydrogens (primary N) is 1. The van der Waals surface area contributed by atoms with Crippen molar-refractivity contribution in [1.82, 2.24) is 4.90 Å². The van der Waals surface area contributed by atoms with E-state index in [-0.39, 0.29) is 0 Å². The Morgan fingerprint density at radius 2 is 2.00 bits per heavy atom. The van der Waals surface area contributed by atoms with Gasteiger partial charge in [0.1, 0.15) is 0 Å². The fourth-order valence-corrected chi connectivity index (χ4v) is 3.73. The predicted molar refractivity (Wildman–Crippen MR) is 75.6 cm³/mol. The summed E-state index contributed by atoms with van der Waals surface area (Å²) >= 11 is 0. The molecule has 3 unspecified atom stereocenters. The van der Waals surface area contributed by atoms with Crippen LogP contribution in [0, 0.1) is 11.8 Å². The van der Waals surface area contributed by atoms with Crippen LogP contribution in [0.3, 0.4) is 0 Å². The zero-order valence-electron chi connectivity index (χ0n) is 11.9. The van der Waals surface area contributed by atoms with Crippen LogP contribution in [-0.2, 0) is 4.74 Å². The van der Waals surface area contributed by atoms with Crippen LogP contribution in [-0.4, -0.2) is 43.8 Å². The molecule has 18 heavy (non-hydrogen) atoms. The largest absolute Gasteiger partial charge is 0.381 e. The Bertz CT molecular complexity index is 229. The lowest BCUT2D eigenvalue weighted by atomic mass is 9.83. The van der Waals surface area contributed by atoms with Crippen molar-refractivity contribution in [3.63, 3.8) is 0 Å².